The Morgan fingerprint density at radius 2 is 1.78 bits per heavy atom. The molecule has 0 radical (unpaired) electrons. The van der Waals surface area contributed by atoms with Crippen LogP contribution in [0.25, 0.3) is 10.1 Å². The quantitative estimate of drug-likeness (QED) is 0.478. The first kappa shape index (κ1) is 22.5. The van der Waals surface area contributed by atoms with Gasteiger partial charge in [0.1, 0.15) is 5.82 Å². The topological polar surface area (TPSA) is 47.6 Å². The number of benzene rings is 2. The molecule has 3 aromatic rings. The molecule has 1 aliphatic heterocycles. The van der Waals surface area contributed by atoms with Crippen molar-refractivity contribution in [3.05, 3.63) is 59.0 Å². The number of carbonyl (C=O) groups is 1. The predicted molar refractivity (Wildman–Crippen MR) is 128 cm³/mol. The lowest BCUT2D eigenvalue weighted by atomic mass is 10.2. The molecule has 0 unspecified atom stereocenters. The minimum Gasteiger partial charge on any atom is -0.365 e. The lowest BCUT2D eigenvalue weighted by Gasteiger charge is -2.35. The van der Waals surface area contributed by atoms with E-state index in [2.05, 4.69) is 20.4 Å². The molecule has 0 spiro atoms. The second kappa shape index (κ2) is 10.3. The molecule has 32 heavy (non-hydrogen) atoms. The molecule has 0 saturated carbocycles. The van der Waals surface area contributed by atoms with Crippen LogP contribution >= 0.6 is 11.3 Å². The molecular formula is C24H28F2N4OS. The Balaban J connectivity index is 1.16. The summed E-state index contributed by atoms with van der Waals surface area (Å²) in [4.78, 5) is 16.4. The summed E-state index contributed by atoms with van der Waals surface area (Å²) < 4.78 is 28.6. The number of piperazine rings is 1. The van der Waals surface area contributed by atoms with E-state index in [4.69, 9.17) is 0 Å². The second-order valence-corrected chi connectivity index (χ2v) is 9.15. The zero-order chi connectivity index (χ0) is 22.5. The molecule has 1 fully saturated rings. The molecule has 170 valence electrons. The maximum absolute atomic E-state index is 14.5. The number of nitrogens with one attached hydrogen (secondary N) is 2. The van der Waals surface area contributed by atoms with Gasteiger partial charge in [0, 0.05) is 48.5 Å². The van der Waals surface area contributed by atoms with Gasteiger partial charge in [0.15, 0.2) is 0 Å². The lowest BCUT2D eigenvalue weighted by Crippen LogP contribution is -2.46. The van der Waals surface area contributed by atoms with Crippen molar-refractivity contribution in [2.45, 2.75) is 19.8 Å². The minimum atomic E-state index is -0.336. The second-order valence-electron chi connectivity index (χ2n) is 8.15. The third kappa shape index (κ3) is 5.55. The normalized spacial score (nSPS) is 14.7. The molecule has 1 aromatic heterocycles. The number of carbonyl (C=O) groups excluding carboxylic acids is 1. The lowest BCUT2D eigenvalue weighted by molar-refractivity contribution is 0.246. The summed E-state index contributed by atoms with van der Waals surface area (Å²) in [5.74, 6) is -0.336. The Kier molecular flexibility index (Phi) is 7.22. The van der Waals surface area contributed by atoms with Crippen molar-refractivity contribution in [2.75, 3.05) is 49.5 Å². The summed E-state index contributed by atoms with van der Waals surface area (Å²) in [5.41, 5.74) is 2.54. The fourth-order valence-electron chi connectivity index (χ4n) is 3.99. The van der Waals surface area contributed by atoms with Gasteiger partial charge in [0.2, 0.25) is 5.13 Å². The predicted octanol–water partition coefficient (Wildman–Crippen LogP) is 5.21. The van der Waals surface area contributed by atoms with Crippen molar-refractivity contribution in [2.24, 2.45) is 0 Å². The summed E-state index contributed by atoms with van der Waals surface area (Å²) in [5, 5.41) is 6.27. The first-order chi connectivity index (χ1) is 15.5. The number of urea groups is 1. The van der Waals surface area contributed by atoms with Crippen LogP contribution in [-0.4, -0.2) is 50.2 Å². The van der Waals surface area contributed by atoms with Crippen molar-refractivity contribution in [3.63, 3.8) is 0 Å². The average molecular weight is 459 g/mol. The van der Waals surface area contributed by atoms with Gasteiger partial charge in [-0.15, -0.1) is 11.3 Å². The zero-order valence-corrected chi connectivity index (χ0v) is 19.0. The molecule has 0 aliphatic carbocycles. The van der Waals surface area contributed by atoms with Gasteiger partial charge in [0.05, 0.1) is 5.69 Å². The Labute approximate surface area is 191 Å². The van der Waals surface area contributed by atoms with Gasteiger partial charge in [0.25, 0.3) is 0 Å². The minimum absolute atomic E-state index is 0.188. The monoisotopic (exact) mass is 458 g/mol. The van der Waals surface area contributed by atoms with E-state index in [1.54, 1.807) is 6.07 Å². The molecule has 0 atom stereocenters. The summed E-state index contributed by atoms with van der Waals surface area (Å²) in [6.07, 6.45) is 1.89. The molecular weight excluding hydrogens is 430 g/mol. The average Bonchev–Trinajstić information content (AvgIpc) is 3.10. The summed E-state index contributed by atoms with van der Waals surface area (Å²) in [6, 6.07) is 12.0. The maximum atomic E-state index is 14.5. The van der Waals surface area contributed by atoms with Crippen molar-refractivity contribution < 1.29 is 13.6 Å². The number of thiophene rings is 1. The molecule has 1 saturated heterocycles. The summed E-state index contributed by atoms with van der Waals surface area (Å²) in [7, 11) is 0. The molecule has 8 heteroatoms. The highest BCUT2D eigenvalue weighted by molar-refractivity contribution is 7.18. The largest absolute Gasteiger partial charge is 0.365 e. The van der Waals surface area contributed by atoms with Crippen LogP contribution in [0.3, 0.4) is 0 Å². The Bertz CT molecular complexity index is 1060. The first-order valence-electron chi connectivity index (χ1n) is 11.0. The van der Waals surface area contributed by atoms with E-state index in [0.29, 0.717) is 16.9 Å². The van der Waals surface area contributed by atoms with Gasteiger partial charge in [-0.05, 0) is 56.6 Å². The molecule has 0 bridgehead atoms. The number of fused-ring (bicyclic) bond motifs is 1. The van der Waals surface area contributed by atoms with Crippen LogP contribution in [0.1, 0.15) is 18.4 Å². The molecule has 2 N–H and O–H groups in total. The summed E-state index contributed by atoms with van der Waals surface area (Å²) in [6.45, 7) is 6.80. The van der Waals surface area contributed by atoms with Crippen LogP contribution in [0.2, 0.25) is 0 Å². The summed E-state index contributed by atoms with van der Waals surface area (Å²) >= 11 is 1.01. The number of anilines is 2. The third-order valence-corrected chi connectivity index (χ3v) is 6.70. The van der Waals surface area contributed by atoms with E-state index in [0.717, 1.165) is 73.5 Å². The van der Waals surface area contributed by atoms with Gasteiger partial charge in [-0.2, -0.15) is 4.39 Å². The van der Waals surface area contributed by atoms with Crippen molar-refractivity contribution >= 4 is 38.8 Å². The fourth-order valence-corrected chi connectivity index (χ4v) is 4.97. The van der Waals surface area contributed by atoms with Gasteiger partial charge >= 0.3 is 6.03 Å². The molecule has 5 nitrogen and oxygen atoms in total. The van der Waals surface area contributed by atoms with E-state index >= 15 is 0 Å². The number of halogens is 2. The number of hydrogen-bond acceptors (Lipinski definition) is 4. The molecule has 2 aromatic carbocycles. The number of unbranched alkanes of at least 4 members (excludes halogenated alkanes) is 1. The van der Waals surface area contributed by atoms with Crippen LogP contribution in [0, 0.1) is 17.9 Å². The van der Waals surface area contributed by atoms with E-state index in [1.807, 2.05) is 31.2 Å². The van der Waals surface area contributed by atoms with Gasteiger partial charge in [-0.25, -0.2) is 9.18 Å². The Morgan fingerprint density at radius 3 is 2.53 bits per heavy atom. The van der Waals surface area contributed by atoms with Crippen molar-refractivity contribution in [3.8, 4) is 0 Å². The van der Waals surface area contributed by atoms with Gasteiger partial charge in [-0.3, -0.25) is 4.90 Å². The maximum Gasteiger partial charge on any atom is 0.319 e. The number of aryl methyl sites for hydroxylation is 1. The van der Waals surface area contributed by atoms with Gasteiger partial charge in [-0.1, -0.05) is 17.7 Å². The highest BCUT2D eigenvalue weighted by Gasteiger charge is 2.23. The third-order valence-electron chi connectivity index (χ3n) is 5.77. The fraction of sp³-hybridized carbons (Fsp3) is 0.375. The molecule has 4 rings (SSSR count). The van der Waals surface area contributed by atoms with E-state index in [1.165, 1.54) is 12.1 Å². The van der Waals surface area contributed by atoms with Crippen molar-refractivity contribution in [1.82, 2.24) is 10.2 Å². The highest BCUT2D eigenvalue weighted by atomic mass is 32.1. The van der Waals surface area contributed by atoms with Crippen molar-refractivity contribution in [1.29, 1.82) is 0 Å². The van der Waals surface area contributed by atoms with Crippen LogP contribution in [-0.2, 0) is 0 Å². The Morgan fingerprint density at radius 1 is 1.03 bits per heavy atom. The van der Waals surface area contributed by atoms with Crippen LogP contribution < -0.4 is 15.5 Å². The Hall–Kier alpha value is -2.71. The van der Waals surface area contributed by atoms with Crippen LogP contribution in [0.5, 0.6) is 0 Å². The first-order valence-corrected chi connectivity index (χ1v) is 11.8. The number of hydrogen-bond donors (Lipinski definition) is 2. The molecule has 2 heterocycles. The van der Waals surface area contributed by atoms with E-state index < -0.39 is 0 Å². The number of nitrogens with zero attached hydrogens (tertiary/aromatic N) is 2. The standard InChI is InChI=1S/C24H28F2N4OS/c1-17-4-7-19(8-5-17)28-24(31)27-10-2-3-11-29-12-14-30(15-13-29)22-20-9-6-18(25)16-21(20)32-23(22)26/h4-9,16H,2-3,10-15H2,1H3,(H2,27,28,31). The molecule has 2 amide bonds. The van der Waals surface area contributed by atoms with E-state index in [-0.39, 0.29) is 17.0 Å². The van der Waals surface area contributed by atoms with Crippen LogP contribution in [0.4, 0.5) is 25.0 Å². The molecule has 1 aliphatic rings. The zero-order valence-electron chi connectivity index (χ0n) is 18.2. The van der Waals surface area contributed by atoms with E-state index in [9.17, 15) is 13.6 Å². The number of amides is 2. The highest BCUT2D eigenvalue weighted by Crippen LogP contribution is 2.37. The van der Waals surface area contributed by atoms with Gasteiger partial charge < -0.3 is 15.5 Å². The SMILES string of the molecule is Cc1ccc(NC(=O)NCCCCN2CCN(c3c(F)sc4cc(F)ccc34)CC2)cc1. The van der Waals surface area contributed by atoms with Crippen LogP contribution in [0.15, 0.2) is 42.5 Å². The number of rotatable bonds is 7. The smallest absolute Gasteiger partial charge is 0.319 e.